The van der Waals surface area contributed by atoms with Crippen molar-refractivity contribution in [3.05, 3.63) is 29.3 Å². The maximum Gasteiger partial charge on any atom is 0.220 e. The third-order valence-electron chi connectivity index (χ3n) is 4.40. The molecule has 0 aliphatic heterocycles. The molecule has 1 amide bonds. The third kappa shape index (κ3) is 3.65. The Hall–Kier alpha value is -1.46. The van der Waals surface area contributed by atoms with Gasteiger partial charge in [-0.3, -0.25) is 4.79 Å². The zero-order chi connectivity index (χ0) is 15.5. The molecular formula is C17H23N3OS. The van der Waals surface area contributed by atoms with Crippen molar-refractivity contribution in [2.75, 3.05) is 14.1 Å². The number of amides is 1. The minimum atomic E-state index is 0.156. The Balaban J connectivity index is 1.48. The van der Waals surface area contributed by atoms with Gasteiger partial charge < -0.3 is 10.2 Å². The highest BCUT2D eigenvalue weighted by Gasteiger charge is 2.26. The summed E-state index contributed by atoms with van der Waals surface area (Å²) in [6.45, 7) is 0. The number of hydrogen-bond donors (Lipinski definition) is 1. The number of nitrogens with zero attached hydrogens (tertiary/aromatic N) is 2. The highest BCUT2D eigenvalue weighted by molar-refractivity contribution is 7.18. The van der Waals surface area contributed by atoms with Crippen LogP contribution in [0.4, 0.5) is 0 Å². The average molecular weight is 317 g/mol. The first-order valence-electron chi connectivity index (χ1n) is 7.92. The quantitative estimate of drug-likeness (QED) is 0.922. The number of para-hydroxylation sites is 1. The minimum Gasteiger partial charge on any atom is -0.353 e. The average Bonchev–Trinajstić information content (AvgIpc) is 3.11. The van der Waals surface area contributed by atoms with E-state index in [4.69, 9.17) is 0 Å². The molecule has 1 N–H and O–H groups in total. The van der Waals surface area contributed by atoms with E-state index in [1.807, 2.05) is 18.2 Å². The van der Waals surface area contributed by atoms with Gasteiger partial charge in [0.15, 0.2) is 0 Å². The second-order valence-corrected chi connectivity index (χ2v) is 7.39. The molecule has 1 aliphatic rings. The van der Waals surface area contributed by atoms with Crippen molar-refractivity contribution >= 4 is 27.5 Å². The summed E-state index contributed by atoms with van der Waals surface area (Å²) in [6, 6.07) is 9.08. The molecule has 0 bridgehead atoms. The van der Waals surface area contributed by atoms with Crippen molar-refractivity contribution in [2.45, 2.75) is 44.2 Å². The molecule has 1 fully saturated rings. The molecule has 0 spiro atoms. The Morgan fingerprint density at radius 1 is 1.36 bits per heavy atom. The van der Waals surface area contributed by atoms with Gasteiger partial charge in [-0.25, -0.2) is 4.98 Å². The number of nitrogens with one attached hydrogen (secondary N) is 1. The molecular weight excluding hydrogens is 294 g/mol. The third-order valence-corrected chi connectivity index (χ3v) is 5.50. The lowest BCUT2D eigenvalue weighted by atomic mass is 10.2. The first-order chi connectivity index (χ1) is 10.6. The Kier molecular flexibility index (Phi) is 4.74. The number of hydrogen-bond acceptors (Lipinski definition) is 4. The van der Waals surface area contributed by atoms with E-state index >= 15 is 0 Å². The fourth-order valence-electron chi connectivity index (χ4n) is 3.10. The van der Waals surface area contributed by atoms with E-state index in [1.165, 1.54) is 11.1 Å². The Morgan fingerprint density at radius 3 is 2.91 bits per heavy atom. The predicted octanol–water partition coefficient (Wildman–Crippen LogP) is 2.83. The molecule has 5 heteroatoms. The molecule has 22 heavy (non-hydrogen) atoms. The number of fused-ring (bicyclic) bond motifs is 1. The van der Waals surface area contributed by atoms with E-state index in [0.29, 0.717) is 18.5 Å². The predicted molar refractivity (Wildman–Crippen MR) is 91.2 cm³/mol. The molecule has 0 saturated heterocycles. The van der Waals surface area contributed by atoms with Crippen molar-refractivity contribution in [3.63, 3.8) is 0 Å². The van der Waals surface area contributed by atoms with Crippen molar-refractivity contribution < 1.29 is 4.79 Å². The Morgan fingerprint density at radius 2 is 2.18 bits per heavy atom. The number of aryl methyl sites for hydroxylation is 1. The van der Waals surface area contributed by atoms with Crippen LogP contribution in [0, 0.1) is 0 Å². The van der Waals surface area contributed by atoms with Crippen LogP contribution in [0.5, 0.6) is 0 Å². The molecule has 118 valence electrons. The highest BCUT2D eigenvalue weighted by atomic mass is 32.1. The smallest absolute Gasteiger partial charge is 0.220 e. The molecule has 4 nitrogen and oxygen atoms in total. The van der Waals surface area contributed by atoms with Crippen molar-refractivity contribution in [3.8, 4) is 0 Å². The SMILES string of the molecule is CN(C)[C@@H]1CC[C@@H](NC(=O)CCc2nc3ccccc3s2)C1. The second kappa shape index (κ2) is 6.75. The lowest BCUT2D eigenvalue weighted by Crippen LogP contribution is -2.35. The zero-order valence-corrected chi connectivity index (χ0v) is 14.0. The van der Waals surface area contributed by atoms with Gasteiger partial charge in [0.25, 0.3) is 0 Å². The van der Waals surface area contributed by atoms with E-state index in [0.717, 1.165) is 29.8 Å². The fraction of sp³-hybridized carbons (Fsp3) is 0.529. The lowest BCUT2D eigenvalue weighted by molar-refractivity contribution is -0.121. The summed E-state index contributed by atoms with van der Waals surface area (Å²) in [4.78, 5) is 19.0. The van der Waals surface area contributed by atoms with E-state index in [9.17, 15) is 4.79 Å². The lowest BCUT2D eigenvalue weighted by Gasteiger charge is -2.19. The molecule has 1 aromatic heterocycles. The summed E-state index contributed by atoms with van der Waals surface area (Å²) < 4.78 is 1.20. The van der Waals surface area contributed by atoms with Gasteiger partial charge in [0, 0.05) is 24.9 Å². The monoisotopic (exact) mass is 317 g/mol. The normalized spacial score (nSPS) is 21.6. The van der Waals surface area contributed by atoms with Crippen molar-refractivity contribution in [1.82, 2.24) is 15.2 Å². The topological polar surface area (TPSA) is 45.2 Å². The minimum absolute atomic E-state index is 0.156. The van der Waals surface area contributed by atoms with Gasteiger partial charge in [0.2, 0.25) is 5.91 Å². The van der Waals surface area contributed by atoms with Gasteiger partial charge in [-0.1, -0.05) is 12.1 Å². The van der Waals surface area contributed by atoms with Crippen LogP contribution < -0.4 is 5.32 Å². The number of rotatable bonds is 5. The van der Waals surface area contributed by atoms with Crippen LogP contribution in [0.25, 0.3) is 10.2 Å². The molecule has 0 radical (unpaired) electrons. The summed E-state index contributed by atoms with van der Waals surface area (Å²) >= 11 is 1.69. The molecule has 1 aromatic carbocycles. The van der Waals surface area contributed by atoms with Gasteiger partial charge in [-0.05, 0) is 45.5 Å². The number of aromatic nitrogens is 1. The van der Waals surface area contributed by atoms with Gasteiger partial charge in [-0.15, -0.1) is 11.3 Å². The van der Waals surface area contributed by atoms with Gasteiger partial charge >= 0.3 is 0 Å². The Bertz CT molecular complexity index is 619. The first-order valence-corrected chi connectivity index (χ1v) is 8.73. The largest absolute Gasteiger partial charge is 0.353 e. The molecule has 1 saturated carbocycles. The highest BCUT2D eigenvalue weighted by Crippen LogP contribution is 2.24. The van der Waals surface area contributed by atoms with Crippen LogP contribution in [0.1, 0.15) is 30.7 Å². The molecule has 2 atom stereocenters. The van der Waals surface area contributed by atoms with E-state index in [2.05, 4.69) is 35.4 Å². The van der Waals surface area contributed by atoms with Crippen LogP contribution in [-0.2, 0) is 11.2 Å². The van der Waals surface area contributed by atoms with Gasteiger partial charge in [0.1, 0.15) is 0 Å². The van der Waals surface area contributed by atoms with Crippen LogP contribution in [-0.4, -0.2) is 42.0 Å². The van der Waals surface area contributed by atoms with E-state index in [-0.39, 0.29) is 5.91 Å². The second-order valence-electron chi connectivity index (χ2n) is 6.27. The summed E-state index contributed by atoms with van der Waals surface area (Å²) in [5.41, 5.74) is 1.03. The summed E-state index contributed by atoms with van der Waals surface area (Å²) in [5.74, 6) is 0.156. The first kappa shape index (κ1) is 15.4. The molecule has 2 aromatic rings. The maximum absolute atomic E-state index is 12.1. The van der Waals surface area contributed by atoms with E-state index < -0.39 is 0 Å². The van der Waals surface area contributed by atoms with Crippen LogP contribution in [0.2, 0.25) is 0 Å². The standard InChI is InChI=1S/C17H23N3OS/c1-20(2)13-8-7-12(11-13)18-16(21)9-10-17-19-14-5-3-4-6-15(14)22-17/h3-6,12-13H,7-11H2,1-2H3,(H,18,21)/t12-,13-/m1/s1. The maximum atomic E-state index is 12.1. The van der Waals surface area contributed by atoms with Crippen LogP contribution >= 0.6 is 11.3 Å². The summed E-state index contributed by atoms with van der Waals surface area (Å²) in [6.07, 6.45) is 4.60. The van der Waals surface area contributed by atoms with Crippen LogP contribution in [0.3, 0.4) is 0 Å². The number of carbonyl (C=O) groups excluding carboxylic acids is 1. The van der Waals surface area contributed by atoms with Gasteiger partial charge in [0.05, 0.1) is 15.2 Å². The summed E-state index contributed by atoms with van der Waals surface area (Å²) in [7, 11) is 4.23. The number of benzene rings is 1. The molecule has 3 rings (SSSR count). The molecule has 1 heterocycles. The molecule has 0 unspecified atom stereocenters. The van der Waals surface area contributed by atoms with Crippen molar-refractivity contribution in [1.29, 1.82) is 0 Å². The van der Waals surface area contributed by atoms with Crippen molar-refractivity contribution in [2.24, 2.45) is 0 Å². The Labute approximate surface area is 135 Å². The number of thiazole rings is 1. The number of carbonyl (C=O) groups is 1. The zero-order valence-electron chi connectivity index (χ0n) is 13.2. The fourth-order valence-corrected chi connectivity index (χ4v) is 4.07. The van der Waals surface area contributed by atoms with Gasteiger partial charge in [-0.2, -0.15) is 0 Å². The van der Waals surface area contributed by atoms with Crippen LogP contribution in [0.15, 0.2) is 24.3 Å². The summed E-state index contributed by atoms with van der Waals surface area (Å²) in [5, 5.41) is 4.23. The van der Waals surface area contributed by atoms with E-state index in [1.54, 1.807) is 11.3 Å². The molecule has 1 aliphatic carbocycles.